The van der Waals surface area contributed by atoms with Crippen LogP contribution in [0.15, 0.2) is 46.8 Å². The fourth-order valence-corrected chi connectivity index (χ4v) is 3.37. The zero-order chi connectivity index (χ0) is 18.2. The summed E-state index contributed by atoms with van der Waals surface area (Å²) in [6, 6.07) is 11.8. The number of carbonyl (C=O) groups is 1. The highest BCUT2D eigenvalue weighted by Crippen LogP contribution is 2.31. The lowest BCUT2D eigenvalue weighted by molar-refractivity contribution is -0.121. The number of fused-ring (bicyclic) bond motifs is 1. The number of rotatable bonds is 7. The average Bonchev–Trinajstić information content (AvgIpc) is 3.18. The molecule has 0 bridgehead atoms. The van der Waals surface area contributed by atoms with E-state index < -0.39 is 0 Å². The van der Waals surface area contributed by atoms with Crippen LogP contribution in [-0.2, 0) is 11.3 Å². The highest BCUT2D eigenvalue weighted by Gasteiger charge is 2.24. The van der Waals surface area contributed by atoms with Gasteiger partial charge in [0, 0.05) is 24.5 Å². The molecule has 26 heavy (non-hydrogen) atoms. The molecule has 1 aromatic heterocycles. The highest BCUT2D eigenvalue weighted by atomic mass is 32.1. The molecule has 7 heteroatoms. The minimum absolute atomic E-state index is 0.00182. The summed E-state index contributed by atoms with van der Waals surface area (Å²) < 4.78 is 5.47. The monoisotopic (exact) mass is 372 g/mol. The molecular weight excluding hydrogens is 348 g/mol. The number of nitrogens with one attached hydrogen (secondary N) is 2. The van der Waals surface area contributed by atoms with Crippen molar-refractivity contribution in [3.05, 3.63) is 46.7 Å². The molecule has 2 N–H and O–H groups in total. The standard InChI is InChI=1S/C19H24N4O2S/c1-2-20-19(22-13-15-7-5-12-26-15)21-10-6-11-23-16-8-3-4-9-17(16)25-14-18(23)24/h3-5,7-9,12H,2,6,10-11,13-14H2,1H3,(H2,20,21,22). The van der Waals surface area contributed by atoms with E-state index in [1.165, 1.54) is 4.88 Å². The lowest BCUT2D eigenvalue weighted by Gasteiger charge is -2.29. The summed E-state index contributed by atoms with van der Waals surface area (Å²) in [6.45, 7) is 5.02. The maximum atomic E-state index is 12.2. The molecule has 0 saturated carbocycles. The average molecular weight is 372 g/mol. The Morgan fingerprint density at radius 3 is 2.96 bits per heavy atom. The third-order valence-electron chi connectivity index (χ3n) is 3.98. The molecule has 1 amide bonds. The van der Waals surface area contributed by atoms with Crippen LogP contribution in [0, 0.1) is 0 Å². The second kappa shape index (κ2) is 9.24. The number of anilines is 1. The van der Waals surface area contributed by atoms with Crippen molar-refractivity contribution in [2.75, 3.05) is 31.1 Å². The van der Waals surface area contributed by atoms with Gasteiger partial charge < -0.3 is 20.3 Å². The highest BCUT2D eigenvalue weighted by molar-refractivity contribution is 7.09. The predicted octanol–water partition coefficient (Wildman–Crippen LogP) is 2.62. The first-order valence-corrected chi connectivity index (χ1v) is 9.72. The van der Waals surface area contributed by atoms with Crippen molar-refractivity contribution < 1.29 is 9.53 Å². The van der Waals surface area contributed by atoms with E-state index in [9.17, 15) is 4.79 Å². The number of hydrogen-bond donors (Lipinski definition) is 2. The lowest BCUT2D eigenvalue weighted by atomic mass is 10.2. The number of benzene rings is 1. The van der Waals surface area contributed by atoms with Gasteiger partial charge in [-0.15, -0.1) is 11.3 Å². The fourth-order valence-electron chi connectivity index (χ4n) is 2.74. The normalized spacial score (nSPS) is 14.0. The molecule has 0 radical (unpaired) electrons. The SMILES string of the molecule is CCNC(=NCc1cccs1)NCCCN1C(=O)COc2ccccc21. The van der Waals surface area contributed by atoms with Crippen molar-refractivity contribution in [2.24, 2.45) is 4.99 Å². The Kier molecular flexibility index (Phi) is 6.49. The minimum Gasteiger partial charge on any atom is -0.482 e. The smallest absolute Gasteiger partial charge is 0.265 e. The first-order chi connectivity index (χ1) is 12.8. The molecular formula is C19H24N4O2S. The summed E-state index contributed by atoms with van der Waals surface area (Å²) in [6.07, 6.45) is 0.823. The van der Waals surface area contributed by atoms with Crippen molar-refractivity contribution in [1.82, 2.24) is 10.6 Å². The second-order valence-corrected chi connectivity index (χ2v) is 6.89. The van der Waals surface area contributed by atoms with Crippen LogP contribution in [0.4, 0.5) is 5.69 Å². The maximum absolute atomic E-state index is 12.2. The first-order valence-electron chi connectivity index (χ1n) is 8.84. The van der Waals surface area contributed by atoms with Gasteiger partial charge in [-0.3, -0.25) is 4.79 Å². The largest absolute Gasteiger partial charge is 0.482 e. The van der Waals surface area contributed by atoms with Gasteiger partial charge in [-0.2, -0.15) is 0 Å². The molecule has 3 rings (SSSR count). The van der Waals surface area contributed by atoms with Gasteiger partial charge in [-0.05, 0) is 36.9 Å². The number of aliphatic imine (C=N–C) groups is 1. The predicted molar refractivity (Wildman–Crippen MR) is 106 cm³/mol. The third kappa shape index (κ3) is 4.76. The maximum Gasteiger partial charge on any atom is 0.265 e. The van der Waals surface area contributed by atoms with E-state index in [2.05, 4.69) is 27.1 Å². The number of hydrogen-bond acceptors (Lipinski definition) is 4. The van der Waals surface area contributed by atoms with Crippen LogP contribution >= 0.6 is 11.3 Å². The molecule has 0 unspecified atom stereocenters. The fraction of sp³-hybridized carbons (Fsp3) is 0.368. The van der Waals surface area contributed by atoms with Gasteiger partial charge in [0.1, 0.15) is 5.75 Å². The van der Waals surface area contributed by atoms with E-state index >= 15 is 0 Å². The number of ether oxygens (including phenoxy) is 1. The van der Waals surface area contributed by atoms with Crippen LogP contribution < -0.4 is 20.3 Å². The summed E-state index contributed by atoms with van der Waals surface area (Å²) in [4.78, 5) is 19.8. The van der Waals surface area contributed by atoms with Crippen LogP contribution in [0.1, 0.15) is 18.2 Å². The molecule has 6 nitrogen and oxygen atoms in total. The molecule has 0 fully saturated rings. The van der Waals surface area contributed by atoms with Crippen LogP contribution in [0.5, 0.6) is 5.75 Å². The summed E-state index contributed by atoms with van der Waals surface area (Å²) in [5.41, 5.74) is 0.849. The first kappa shape index (κ1) is 18.3. The van der Waals surface area contributed by atoms with E-state index in [1.54, 1.807) is 16.2 Å². The molecule has 2 heterocycles. The van der Waals surface area contributed by atoms with Gasteiger partial charge in [-0.1, -0.05) is 18.2 Å². The molecule has 1 aliphatic heterocycles. The summed E-state index contributed by atoms with van der Waals surface area (Å²) in [5, 5.41) is 8.64. The Labute approximate surface area is 157 Å². The minimum atomic E-state index is 0.00182. The van der Waals surface area contributed by atoms with Crippen LogP contribution in [-0.4, -0.2) is 38.1 Å². The van der Waals surface area contributed by atoms with Crippen LogP contribution in [0.25, 0.3) is 0 Å². The van der Waals surface area contributed by atoms with Gasteiger partial charge in [-0.25, -0.2) is 4.99 Å². The Hall–Kier alpha value is -2.54. The van der Waals surface area contributed by atoms with E-state index in [4.69, 9.17) is 4.74 Å². The number of guanidine groups is 1. The van der Waals surface area contributed by atoms with Gasteiger partial charge in [0.05, 0.1) is 12.2 Å². The zero-order valence-electron chi connectivity index (χ0n) is 14.9. The van der Waals surface area contributed by atoms with E-state index in [0.29, 0.717) is 13.1 Å². The molecule has 1 aliphatic rings. The topological polar surface area (TPSA) is 66.0 Å². The summed E-state index contributed by atoms with van der Waals surface area (Å²) >= 11 is 1.71. The summed E-state index contributed by atoms with van der Waals surface area (Å²) in [5.74, 6) is 1.57. The quantitative estimate of drug-likeness (QED) is 0.445. The van der Waals surface area contributed by atoms with E-state index in [0.717, 1.165) is 36.9 Å². The number of nitrogens with zero attached hydrogens (tertiary/aromatic N) is 2. The second-order valence-electron chi connectivity index (χ2n) is 5.86. The molecule has 0 saturated heterocycles. The number of thiophene rings is 1. The Bertz CT molecular complexity index is 746. The van der Waals surface area contributed by atoms with Crippen LogP contribution in [0.3, 0.4) is 0 Å². The van der Waals surface area contributed by atoms with Crippen molar-refractivity contribution in [3.8, 4) is 5.75 Å². The molecule has 0 atom stereocenters. The van der Waals surface area contributed by atoms with Gasteiger partial charge in [0.25, 0.3) is 5.91 Å². The van der Waals surface area contributed by atoms with E-state index in [-0.39, 0.29) is 12.5 Å². The lowest BCUT2D eigenvalue weighted by Crippen LogP contribution is -2.42. The van der Waals surface area contributed by atoms with Crippen molar-refractivity contribution in [3.63, 3.8) is 0 Å². The van der Waals surface area contributed by atoms with Gasteiger partial charge in [0.2, 0.25) is 0 Å². The third-order valence-corrected chi connectivity index (χ3v) is 4.84. The van der Waals surface area contributed by atoms with Crippen LogP contribution in [0.2, 0.25) is 0 Å². The Morgan fingerprint density at radius 1 is 1.27 bits per heavy atom. The number of para-hydroxylation sites is 2. The zero-order valence-corrected chi connectivity index (χ0v) is 15.7. The number of amides is 1. The molecule has 0 aliphatic carbocycles. The van der Waals surface area contributed by atoms with Crippen molar-refractivity contribution in [1.29, 1.82) is 0 Å². The Morgan fingerprint density at radius 2 is 2.15 bits per heavy atom. The van der Waals surface area contributed by atoms with Gasteiger partial charge >= 0.3 is 0 Å². The van der Waals surface area contributed by atoms with Gasteiger partial charge in [0.15, 0.2) is 12.6 Å². The Balaban J connectivity index is 1.50. The molecule has 138 valence electrons. The molecule has 1 aromatic carbocycles. The number of carbonyl (C=O) groups excluding carboxylic acids is 1. The summed E-state index contributed by atoms with van der Waals surface area (Å²) in [7, 11) is 0. The van der Waals surface area contributed by atoms with Crippen molar-refractivity contribution in [2.45, 2.75) is 19.9 Å². The van der Waals surface area contributed by atoms with Crippen molar-refractivity contribution >= 4 is 28.9 Å². The van der Waals surface area contributed by atoms with E-state index in [1.807, 2.05) is 37.3 Å². The molecule has 0 spiro atoms. The molecule has 2 aromatic rings.